The molecule has 0 aliphatic heterocycles. The van der Waals surface area contributed by atoms with Crippen molar-refractivity contribution in [2.24, 2.45) is 11.7 Å². The van der Waals surface area contributed by atoms with Crippen LogP contribution < -0.4 is 10.5 Å². The van der Waals surface area contributed by atoms with Crippen LogP contribution in [0.15, 0.2) is 27.6 Å². The van der Waals surface area contributed by atoms with Crippen molar-refractivity contribution in [1.29, 1.82) is 0 Å². The third kappa shape index (κ3) is 4.28. The molecule has 4 nitrogen and oxygen atoms in total. The molecule has 0 heterocycles. The van der Waals surface area contributed by atoms with E-state index in [9.17, 15) is 8.42 Å². The highest BCUT2D eigenvalue weighted by Crippen LogP contribution is 2.27. The zero-order valence-electron chi connectivity index (χ0n) is 12.4. The van der Waals surface area contributed by atoms with E-state index in [0.717, 1.165) is 5.56 Å². The number of hydrogen-bond acceptors (Lipinski definition) is 3. The maximum Gasteiger partial charge on any atom is 0.242 e. The monoisotopic (exact) mass is 362 g/mol. The van der Waals surface area contributed by atoms with E-state index in [0.29, 0.717) is 16.8 Å². The van der Waals surface area contributed by atoms with Crippen LogP contribution in [0.4, 0.5) is 0 Å². The summed E-state index contributed by atoms with van der Waals surface area (Å²) in [5.41, 5.74) is 6.01. The molecule has 6 heteroatoms. The van der Waals surface area contributed by atoms with Crippen LogP contribution in [0.1, 0.15) is 32.8 Å². The molecule has 1 rings (SSSR count). The van der Waals surface area contributed by atoms with Crippen LogP contribution in [0, 0.1) is 12.8 Å². The van der Waals surface area contributed by atoms with Crippen molar-refractivity contribution in [2.45, 2.75) is 44.6 Å². The first-order valence-corrected chi connectivity index (χ1v) is 8.88. The molecular formula is C14H23BrN2O2S. The summed E-state index contributed by atoms with van der Waals surface area (Å²) in [7, 11) is -3.61. The fourth-order valence-electron chi connectivity index (χ4n) is 2.28. The predicted molar refractivity (Wildman–Crippen MR) is 86.1 cm³/mol. The van der Waals surface area contributed by atoms with Gasteiger partial charge in [-0.1, -0.05) is 26.0 Å². The molecular weight excluding hydrogens is 340 g/mol. The Bertz CT molecular complexity index is 573. The van der Waals surface area contributed by atoms with Gasteiger partial charge >= 0.3 is 0 Å². The second-order valence-electron chi connectivity index (χ2n) is 5.86. The molecule has 1 atom stereocenters. The van der Waals surface area contributed by atoms with Crippen molar-refractivity contribution in [3.63, 3.8) is 0 Å². The fourth-order valence-corrected chi connectivity index (χ4v) is 4.76. The van der Waals surface area contributed by atoms with Crippen molar-refractivity contribution in [2.75, 3.05) is 6.54 Å². The summed E-state index contributed by atoms with van der Waals surface area (Å²) in [5, 5.41) is 0. The van der Waals surface area contributed by atoms with Gasteiger partial charge in [0.15, 0.2) is 0 Å². The van der Waals surface area contributed by atoms with E-state index < -0.39 is 15.6 Å². The van der Waals surface area contributed by atoms with E-state index in [2.05, 4.69) is 20.7 Å². The lowest BCUT2D eigenvalue weighted by Crippen LogP contribution is -2.52. The van der Waals surface area contributed by atoms with E-state index in [1.807, 2.05) is 33.8 Å². The largest absolute Gasteiger partial charge is 0.329 e. The van der Waals surface area contributed by atoms with Gasteiger partial charge in [-0.2, -0.15) is 0 Å². The first-order valence-electron chi connectivity index (χ1n) is 6.60. The first kappa shape index (κ1) is 17.6. The summed E-state index contributed by atoms with van der Waals surface area (Å²) < 4.78 is 28.5. The quantitative estimate of drug-likeness (QED) is 0.816. The summed E-state index contributed by atoms with van der Waals surface area (Å²) in [6.07, 6.45) is 0.687. The molecule has 0 bridgehead atoms. The van der Waals surface area contributed by atoms with Gasteiger partial charge in [0.05, 0.1) is 4.90 Å². The van der Waals surface area contributed by atoms with E-state index in [-0.39, 0.29) is 11.4 Å². The van der Waals surface area contributed by atoms with Crippen molar-refractivity contribution in [3.05, 3.63) is 28.2 Å². The maximum atomic E-state index is 12.6. The average molecular weight is 363 g/mol. The van der Waals surface area contributed by atoms with Crippen LogP contribution >= 0.6 is 15.9 Å². The van der Waals surface area contributed by atoms with Gasteiger partial charge in [0.1, 0.15) is 0 Å². The minimum Gasteiger partial charge on any atom is -0.329 e. The second kappa shape index (κ2) is 6.56. The molecule has 1 unspecified atom stereocenters. The first-order chi connectivity index (χ1) is 9.11. The molecule has 0 saturated carbocycles. The lowest BCUT2D eigenvalue weighted by atomic mass is 9.92. The highest BCUT2D eigenvalue weighted by atomic mass is 79.9. The Balaban J connectivity index is 3.14. The Kier molecular flexibility index (Phi) is 5.78. The van der Waals surface area contributed by atoms with Crippen LogP contribution in [0.2, 0.25) is 0 Å². The molecule has 1 aromatic rings. The number of benzene rings is 1. The summed E-state index contributed by atoms with van der Waals surface area (Å²) in [6, 6.07) is 5.18. The standard InChI is InChI=1S/C14H23BrN2O2S/c1-10(2)8-14(4,9-16)17-20(18,19)12-7-5-6-11(3)13(12)15/h5-7,10,17H,8-9,16H2,1-4H3. The zero-order valence-corrected chi connectivity index (χ0v) is 14.8. The zero-order chi connectivity index (χ0) is 15.6. The third-order valence-corrected chi connectivity index (χ3v) is 6.13. The minimum atomic E-state index is -3.61. The normalized spacial score (nSPS) is 15.3. The molecule has 0 aliphatic rings. The number of nitrogens with two attached hydrogens (primary N) is 1. The second-order valence-corrected chi connectivity index (χ2v) is 8.30. The van der Waals surface area contributed by atoms with Crippen LogP contribution in [0.3, 0.4) is 0 Å². The summed E-state index contributed by atoms with van der Waals surface area (Å²) in [6.45, 7) is 8.05. The highest BCUT2D eigenvalue weighted by molar-refractivity contribution is 9.10. The number of sulfonamides is 1. The topological polar surface area (TPSA) is 72.2 Å². The third-order valence-electron chi connectivity index (χ3n) is 3.14. The van der Waals surface area contributed by atoms with Crippen LogP contribution in [-0.4, -0.2) is 20.5 Å². The molecule has 0 aliphatic carbocycles. The van der Waals surface area contributed by atoms with Gasteiger partial charge in [-0.05, 0) is 53.7 Å². The Morgan fingerprint density at radius 3 is 2.50 bits per heavy atom. The van der Waals surface area contributed by atoms with Gasteiger partial charge in [-0.3, -0.25) is 0 Å². The summed E-state index contributed by atoms with van der Waals surface area (Å²) in [5.74, 6) is 0.354. The van der Waals surface area contributed by atoms with Gasteiger partial charge in [0.25, 0.3) is 0 Å². The molecule has 0 aromatic heterocycles. The molecule has 3 N–H and O–H groups in total. The van der Waals surface area contributed by atoms with Gasteiger partial charge in [-0.15, -0.1) is 0 Å². The van der Waals surface area contributed by atoms with Crippen molar-refractivity contribution < 1.29 is 8.42 Å². The predicted octanol–water partition coefficient (Wildman–Crippen LogP) is 2.80. The number of aryl methyl sites for hydroxylation is 1. The summed E-state index contributed by atoms with van der Waals surface area (Å²) >= 11 is 3.35. The van der Waals surface area contributed by atoms with Crippen LogP contribution in [-0.2, 0) is 10.0 Å². The van der Waals surface area contributed by atoms with E-state index in [1.54, 1.807) is 12.1 Å². The van der Waals surface area contributed by atoms with Gasteiger partial charge in [0.2, 0.25) is 10.0 Å². The fraction of sp³-hybridized carbons (Fsp3) is 0.571. The highest BCUT2D eigenvalue weighted by Gasteiger charge is 2.31. The van der Waals surface area contributed by atoms with E-state index >= 15 is 0 Å². The van der Waals surface area contributed by atoms with Gasteiger partial charge < -0.3 is 5.73 Å². The van der Waals surface area contributed by atoms with Crippen molar-refractivity contribution in [3.8, 4) is 0 Å². The molecule has 0 amide bonds. The van der Waals surface area contributed by atoms with E-state index in [1.165, 1.54) is 0 Å². The molecule has 114 valence electrons. The molecule has 0 saturated heterocycles. The smallest absolute Gasteiger partial charge is 0.242 e. The Hall–Kier alpha value is -0.430. The van der Waals surface area contributed by atoms with Gasteiger partial charge in [0, 0.05) is 16.6 Å². The Morgan fingerprint density at radius 2 is 2.00 bits per heavy atom. The molecule has 20 heavy (non-hydrogen) atoms. The van der Waals surface area contributed by atoms with E-state index in [4.69, 9.17) is 5.73 Å². The Labute approximate surface area is 130 Å². The number of rotatable bonds is 6. The number of hydrogen-bond donors (Lipinski definition) is 2. The van der Waals surface area contributed by atoms with Crippen LogP contribution in [0.5, 0.6) is 0 Å². The lowest BCUT2D eigenvalue weighted by Gasteiger charge is -2.31. The SMILES string of the molecule is Cc1cccc(S(=O)(=O)NC(C)(CN)CC(C)C)c1Br. The van der Waals surface area contributed by atoms with Crippen LogP contribution in [0.25, 0.3) is 0 Å². The number of halogens is 1. The molecule has 0 fully saturated rings. The minimum absolute atomic E-state index is 0.251. The lowest BCUT2D eigenvalue weighted by molar-refractivity contribution is 0.344. The summed E-state index contributed by atoms with van der Waals surface area (Å²) in [4.78, 5) is 0.251. The van der Waals surface area contributed by atoms with Crippen molar-refractivity contribution in [1.82, 2.24) is 4.72 Å². The molecule has 0 spiro atoms. The Morgan fingerprint density at radius 1 is 1.40 bits per heavy atom. The number of nitrogens with one attached hydrogen (secondary N) is 1. The van der Waals surface area contributed by atoms with Crippen molar-refractivity contribution >= 4 is 26.0 Å². The average Bonchev–Trinajstić information content (AvgIpc) is 2.30. The molecule has 0 radical (unpaired) electrons. The maximum absolute atomic E-state index is 12.6. The van der Waals surface area contributed by atoms with Gasteiger partial charge in [-0.25, -0.2) is 13.1 Å². The molecule has 1 aromatic carbocycles.